The molecule has 0 aromatic heterocycles. The molecule has 0 atom stereocenters. The molecule has 0 saturated heterocycles. The largest absolute Gasteiger partial charge is 0.496 e. The summed E-state index contributed by atoms with van der Waals surface area (Å²) in [6, 6.07) is 1.06. The number of hydrogen-bond donors (Lipinski definition) is 1. The summed E-state index contributed by atoms with van der Waals surface area (Å²) in [7, 11) is 1.34. The highest BCUT2D eigenvalue weighted by molar-refractivity contribution is 6.31. The molecule has 0 spiro atoms. The summed E-state index contributed by atoms with van der Waals surface area (Å²) in [5.74, 6) is -1.53. The molecule has 1 aromatic rings. The van der Waals surface area contributed by atoms with Gasteiger partial charge in [-0.25, -0.2) is 8.78 Å². The predicted molar refractivity (Wildman–Crippen MR) is 53.0 cm³/mol. The Labute approximate surface area is 91.0 Å². The molecule has 1 aliphatic rings. The molecule has 0 bridgehead atoms. The minimum Gasteiger partial charge on any atom is -0.496 e. The minimum atomic E-state index is -0.834. The van der Waals surface area contributed by atoms with Gasteiger partial charge in [0.1, 0.15) is 16.6 Å². The van der Waals surface area contributed by atoms with E-state index < -0.39 is 22.2 Å². The Morgan fingerprint density at radius 2 is 2.07 bits per heavy atom. The van der Waals surface area contributed by atoms with E-state index in [0.717, 1.165) is 6.07 Å². The van der Waals surface area contributed by atoms with Crippen molar-refractivity contribution >= 4 is 11.6 Å². The third kappa shape index (κ3) is 1.58. The maximum Gasteiger partial charge on any atom is 0.153 e. The summed E-state index contributed by atoms with van der Waals surface area (Å²) < 4.78 is 31.7. The Bertz CT molecular complexity index is 418. The van der Waals surface area contributed by atoms with Gasteiger partial charge in [0.2, 0.25) is 0 Å². The number of ether oxygens (including phenoxy) is 1. The average molecular weight is 234 g/mol. The van der Waals surface area contributed by atoms with Gasteiger partial charge in [0.05, 0.1) is 12.7 Å². The van der Waals surface area contributed by atoms with Gasteiger partial charge in [-0.1, -0.05) is 11.6 Å². The number of benzene rings is 1. The normalized spacial score (nSPS) is 17.7. The van der Waals surface area contributed by atoms with Gasteiger partial charge >= 0.3 is 0 Å². The van der Waals surface area contributed by atoms with E-state index in [1.807, 2.05) is 0 Å². The van der Waals surface area contributed by atoms with Gasteiger partial charge in [-0.15, -0.1) is 0 Å². The van der Waals surface area contributed by atoms with Crippen LogP contribution in [0.1, 0.15) is 18.4 Å². The number of nitrogens with two attached hydrogens (primary N) is 1. The molecule has 0 amide bonds. The highest BCUT2D eigenvalue weighted by Crippen LogP contribution is 2.49. The van der Waals surface area contributed by atoms with Crippen LogP contribution < -0.4 is 10.5 Å². The van der Waals surface area contributed by atoms with Crippen molar-refractivity contribution in [1.29, 1.82) is 0 Å². The van der Waals surface area contributed by atoms with Crippen LogP contribution in [0.5, 0.6) is 5.75 Å². The van der Waals surface area contributed by atoms with Crippen LogP contribution in [0.25, 0.3) is 0 Å². The number of hydrogen-bond acceptors (Lipinski definition) is 2. The number of halogens is 3. The van der Waals surface area contributed by atoms with E-state index in [2.05, 4.69) is 0 Å². The molecular weight excluding hydrogens is 224 g/mol. The Morgan fingerprint density at radius 1 is 1.47 bits per heavy atom. The lowest BCUT2D eigenvalue weighted by atomic mass is 10.0. The van der Waals surface area contributed by atoms with Crippen LogP contribution in [0.15, 0.2) is 6.07 Å². The molecule has 1 aliphatic carbocycles. The first-order valence-electron chi connectivity index (χ1n) is 4.50. The zero-order valence-corrected chi connectivity index (χ0v) is 8.87. The molecule has 5 heteroatoms. The van der Waals surface area contributed by atoms with E-state index in [1.165, 1.54) is 7.11 Å². The minimum absolute atomic E-state index is 0.120. The second-order valence-electron chi connectivity index (χ2n) is 3.72. The van der Waals surface area contributed by atoms with Crippen LogP contribution in [0.3, 0.4) is 0 Å². The third-order valence-corrected chi connectivity index (χ3v) is 2.98. The molecule has 2 nitrogen and oxygen atoms in total. The highest BCUT2D eigenvalue weighted by atomic mass is 35.5. The summed E-state index contributed by atoms with van der Waals surface area (Å²) in [5.41, 5.74) is 5.30. The van der Waals surface area contributed by atoms with Gasteiger partial charge < -0.3 is 10.5 Å². The molecule has 1 saturated carbocycles. The van der Waals surface area contributed by atoms with Crippen LogP contribution in [0.4, 0.5) is 8.78 Å². The second-order valence-corrected chi connectivity index (χ2v) is 4.10. The second kappa shape index (κ2) is 3.32. The molecule has 1 fully saturated rings. The van der Waals surface area contributed by atoms with Crippen LogP contribution in [0.2, 0.25) is 5.02 Å². The summed E-state index contributed by atoms with van der Waals surface area (Å²) >= 11 is 5.48. The fourth-order valence-corrected chi connectivity index (χ4v) is 1.73. The third-order valence-electron chi connectivity index (χ3n) is 2.63. The van der Waals surface area contributed by atoms with E-state index in [4.69, 9.17) is 22.1 Å². The average Bonchev–Trinajstić information content (AvgIpc) is 2.92. The smallest absolute Gasteiger partial charge is 0.153 e. The quantitative estimate of drug-likeness (QED) is 0.797. The Kier molecular flexibility index (Phi) is 2.35. The topological polar surface area (TPSA) is 35.2 Å². The molecule has 2 N–H and O–H groups in total. The van der Waals surface area contributed by atoms with Gasteiger partial charge in [0, 0.05) is 11.6 Å². The van der Waals surface area contributed by atoms with Crippen molar-refractivity contribution in [3.63, 3.8) is 0 Å². The molecule has 15 heavy (non-hydrogen) atoms. The Balaban J connectivity index is 2.65. The standard InChI is InChI=1S/C10H10ClF2NO/c1-15-6-4-5(12)8(11)9(13)7(6)10(14)2-3-10/h4H,2-3,14H2,1H3. The molecule has 0 unspecified atom stereocenters. The Hall–Kier alpha value is -0.870. The molecule has 0 aliphatic heterocycles. The predicted octanol–water partition coefficient (Wildman–Crippen LogP) is 2.57. The lowest BCUT2D eigenvalue weighted by Gasteiger charge is -2.16. The van der Waals surface area contributed by atoms with E-state index in [9.17, 15) is 8.78 Å². The SMILES string of the molecule is COc1cc(F)c(Cl)c(F)c1C1(N)CC1. The van der Waals surface area contributed by atoms with Crippen molar-refractivity contribution in [2.75, 3.05) is 7.11 Å². The molecular formula is C10H10ClF2NO. The molecule has 0 radical (unpaired) electrons. The monoisotopic (exact) mass is 233 g/mol. The summed E-state index contributed by atoms with van der Waals surface area (Å²) in [6.45, 7) is 0. The van der Waals surface area contributed by atoms with Crippen molar-refractivity contribution in [1.82, 2.24) is 0 Å². The zero-order chi connectivity index (χ0) is 11.2. The van der Waals surface area contributed by atoms with E-state index in [1.54, 1.807) is 0 Å². The fourth-order valence-electron chi connectivity index (χ4n) is 1.58. The maximum atomic E-state index is 13.7. The number of methoxy groups -OCH3 is 1. The van der Waals surface area contributed by atoms with Gasteiger partial charge in [-0.3, -0.25) is 0 Å². The van der Waals surface area contributed by atoms with Crippen LogP contribution in [-0.4, -0.2) is 7.11 Å². The van der Waals surface area contributed by atoms with Crippen LogP contribution >= 0.6 is 11.6 Å². The molecule has 2 rings (SSSR count). The van der Waals surface area contributed by atoms with E-state index in [-0.39, 0.29) is 11.3 Å². The van der Waals surface area contributed by atoms with Crippen molar-refractivity contribution in [3.8, 4) is 5.75 Å². The van der Waals surface area contributed by atoms with Crippen LogP contribution in [-0.2, 0) is 5.54 Å². The van der Waals surface area contributed by atoms with Crippen molar-refractivity contribution in [2.24, 2.45) is 5.73 Å². The van der Waals surface area contributed by atoms with Gasteiger partial charge in [0.25, 0.3) is 0 Å². The summed E-state index contributed by atoms with van der Waals surface area (Å²) in [4.78, 5) is 0. The lowest BCUT2D eigenvalue weighted by Crippen LogP contribution is -2.22. The Morgan fingerprint density at radius 3 is 2.53 bits per heavy atom. The first-order valence-corrected chi connectivity index (χ1v) is 4.88. The van der Waals surface area contributed by atoms with E-state index in [0.29, 0.717) is 12.8 Å². The van der Waals surface area contributed by atoms with Gasteiger partial charge in [0.15, 0.2) is 5.82 Å². The fraction of sp³-hybridized carbons (Fsp3) is 0.400. The molecule has 1 aromatic carbocycles. The van der Waals surface area contributed by atoms with Gasteiger partial charge in [-0.2, -0.15) is 0 Å². The van der Waals surface area contributed by atoms with Crippen LogP contribution in [0, 0.1) is 11.6 Å². The lowest BCUT2D eigenvalue weighted by molar-refractivity contribution is 0.392. The zero-order valence-electron chi connectivity index (χ0n) is 8.11. The molecule has 0 heterocycles. The van der Waals surface area contributed by atoms with Crippen molar-refractivity contribution in [2.45, 2.75) is 18.4 Å². The summed E-state index contributed by atoms with van der Waals surface area (Å²) in [6.07, 6.45) is 1.31. The summed E-state index contributed by atoms with van der Waals surface area (Å²) in [5, 5.41) is -0.525. The first-order chi connectivity index (χ1) is 6.99. The van der Waals surface area contributed by atoms with Crippen molar-refractivity contribution in [3.05, 3.63) is 28.3 Å². The van der Waals surface area contributed by atoms with E-state index >= 15 is 0 Å². The first kappa shape index (κ1) is 10.6. The van der Waals surface area contributed by atoms with Gasteiger partial charge in [-0.05, 0) is 12.8 Å². The molecule has 82 valence electrons. The highest BCUT2D eigenvalue weighted by Gasteiger charge is 2.45. The number of rotatable bonds is 2. The van der Waals surface area contributed by atoms with Crippen molar-refractivity contribution < 1.29 is 13.5 Å². The maximum absolute atomic E-state index is 13.7.